The van der Waals surface area contributed by atoms with E-state index in [0.717, 1.165) is 5.56 Å². The Labute approximate surface area is 116 Å². The number of halogens is 1. The lowest BCUT2D eigenvalue weighted by Gasteiger charge is -2.09. The Morgan fingerprint density at radius 3 is 2.95 bits per heavy atom. The Morgan fingerprint density at radius 2 is 2.25 bits per heavy atom. The van der Waals surface area contributed by atoms with Gasteiger partial charge in [0.2, 0.25) is 0 Å². The van der Waals surface area contributed by atoms with E-state index in [1.807, 2.05) is 6.07 Å². The van der Waals surface area contributed by atoms with Crippen molar-refractivity contribution >= 4 is 0 Å². The summed E-state index contributed by atoms with van der Waals surface area (Å²) in [4.78, 5) is 4.06. The molecular formula is C14H17FN4O. The zero-order valence-electron chi connectivity index (χ0n) is 11.3. The molecule has 5 nitrogen and oxygen atoms in total. The molecule has 0 amide bonds. The van der Waals surface area contributed by atoms with Gasteiger partial charge in [0, 0.05) is 25.7 Å². The summed E-state index contributed by atoms with van der Waals surface area (Å²) >= 11 is 0. The standard InChI is InChI=1S/C14H17FN4O/c1-19-14(17-9-18-19)8-20-13-5-10(4-11(15)6-13)7-16-12-2-3-12/h4-6,9,12,16H,2-3,7-8H2,1H3. The molecule has 0 spiro atoms. The Morgan fingerprint density at radius 1 is 1.40 bits per heavy atom. The number of nitrogens with zero attached hydrogens (tertiary/aromatic N) is 3. The van der Waals surface area contributed by atoms with Crippen molar-refractivity contribution < 1.29 is 9.13 Å². The van der Waals surface area contributed by atoms with Gasteiger partial charge in [0.25, 0.3) is 0 Å². The SMILES string of the molecule is Cn1ncnc1COc1cc(F)cc(CNC2CC2)c1. The van der Waals surface area contributed by atoms with Gasteiger partial charge in [-0.3, -0.25) is 4.68 Å². The second-order valence-electron chi connectivity index (χ2n) is 5.04. The fourth-order valence-corrected chi connectivity index (χ4v) is 1.95. The lowest BCUT2D eigenvalue weighted by atomic mass is 10.2. The molecule has 0 saturated heterocycles. The molecule has 0 aliphatic heterocycles. The molecule has 0 unspecified atom stereocenters. The highest BCUT2D eigenvalue weighted by atomic mass is 19.1. The summed E-state index contributed by atoms with van der Waals surface area (Å²) in [6.07, 6.45) is 3.89. The van der Waals surface area contributed by atoms with E-state index >= 15 is 0 Å². The number of aromatic nitrogens is 3. The Kier molecular flexibility index (Phi) is 3.64. The fourth-order valence-electron chi connectivity index (χ4n) is 1.95. The van der Waals surface area contributed by atoms with Crippen molar-refractivity contribution in [3.05, 3.63) is 41.7 Å². The van der Waals surface area contributed by atoms with Crippen LogP contribution in [0.5, 0.6) is 5.75 Å². The first-order valence-electron chi connectivity index (χ1n) is 6.69. The molecule has 20 heavy (non-hydrogen) atoms. The van der Waals surface area contributed by atoms with Crippen LogP contribution in [0, 0.1) is 5.82 Å². The molecule has 1 aromatic heterocycles. The van der Waals surface area contributed by atoms with Crippen LogP contribution in [0.15, 0.2) is 24.5 Å². The molecule has 2 aromatic rings. The number of hydrogen-bond donors (Lipinski definition) is 1. The molecule has 1 aromatic carbocycles. The number of benzene rings is 1. The summed E-state index contributed by atoms with van der Waals surface area (Å²) in [6, 6.07) is 5.37. The van der Waals surface area contributed by atoms with Crippen LogP contribution in [0.25, 0.3) is 0 Å². The van der Waals surface area contributed by atoms with Crippen LogP contribution in [0.3, 0.4) is 0 Å². The van der Waals surface area contributed by atoms with Gasteiger partial charge in [0.1, 0.15) is 24.5 Å². The fraction of sp³-hybridized carbons (Fsp3) is 0.429. The number of ether oxygens (including phenoxy) is 1. The summed E-state index contributed by atoms with van der Waals surface area (Å²) < 4.78 is 20.8. The summed E-state index contributed by atoms with van der Waals surface area (Å²) in [5, 5.41) is 7.32. The van der Waals surface area contributed by atoms with Gasteiger partial charge in [-0.1, -0.05) is 0 Å². The van der Waals surface area contributed by atoms with Gasteiger partial charge >= 0.3 is 0 Å². The molecular weight excluding hydrogens is 259 g/mol. The second-order valence-corrected chi connectivity index (χ2v) is 5.04. The van der Waals surface area contributed by atoms with Crippen molar-refractivity contribution in [2.24, 2.45) is 7.05 Å². The lowest BCUT2D eigenvalue weighted by molar-refractivity contribution is 0.288. The zero-order valence-corrected chi connectivity index (χ0v) is 11.3. The minimum Gasteiger partial charge on any atom is -0.486 e. The second kappa shape index (κ2) is 5.58. The van der Waals surface area contributed by atoms with Crippen LogP contribution >= 0.6 is 0 Å². The smallest absolute Gasteiger partial charge is 0.164 e. The van der Waals surface area contributed by atoms with Gasteiger partial charge < -0.3 is 10.1 Å². The van der Waals surface area contributed by atoms with Crippen LogP contribution in [0.2, 0.25) is 0 Å². The van der Waals surface area contributed by atoms with Gasteiger partial charge in [-0.2, -0.15) is 5.10 Å². The number of rotatable bonds is 6. The van der Waals surface area contributed by atoms with Crippen molar-refractivity contribution in [1.82, 2.24) is 20.1 Å². The van der Waals surface area contributed by atoms with Crippen molar-refractivity contribution in [3.63, 3.8) is 0 Å². The van der Waals surface area contributed by atoms with Gasteiger partial charge in [-0.25, -0.2) is 9.37 Å². The predicted molar refractivity (Wildman–Crippen MR) is 71.6 cm³/mol. The monoisotopic (exact) mass is 276 g/mol. The van der Waals surface area contributed by atoms with E-state index in [0.29, 0.717) is 24.2 Å². The summed E-state index contributed by atoms with van der Waals surface area (Å²) in [6.45, 7) is 0.943. The largest absolute Gasteiger partial charge is 0.486 e. The average Bonchev–Trinajstić information content (AvgIpc) is 3.16. The molecule has 106 valence electrons. The third-order valence-corrected chi connectivity index (χ3v) is 3.28. The third kappa shape index (κ3) is 3.33. The van der Waals surface area contributed by atoms with Gasteiger partial charge in [-0.15, -0.1) is 0 Å². The lowest BCUT2D eigenvalue weighted by Crippen LogP contribution is -2.15. The van der Waals surface area contributed by atoms with Crippen molar-refractivity contribution in [2.45, 2.75) is 32.0 Å². The molecule has 0 atom stereocenters. The van der Waals surface area contributed by atoms with E-state index in [4.69, 9.17) is 4.74 Å². The molecule has 0 bridgehead atoms. The van der Waals surface area contributed by atoms with E-state index in [2.05, 4.69) is 15.4 Å². The molecule has 6 heteroatoms. The van der Waals surface area contributed by atoms with Gasteiger partial charge in [0.05, 0.1) is 0 Å². The molecule has 0 radical (unpaired) electrons. The molecule has 3 rings (SSSR count). The normalized spacial score (nSPS) is 14.5. The Bertz CT molecular complexity index is 595. The third-order valence-electron chi connectivity index (χ3n) is 3.28. The topological polar surface area (TPSA) is 52.0 Å². The van der Waals surface area contributed by atoms with Crippen LogP contribution < -0.4 is 10.1 Å². The highest BCUT2D eigenvalue weighted by molar-refractivity contribution is 5.29. The molecule has 1 N–H and O–H groups in total. The van der Waals surface area contributed by atoms with E-state index in [9.17, 15) is 4.39 Å². The summed E-state index contributed by atoms with van der Waals surface area (Å²) in [5.41, 5.74) is 0.893. The number of aryl methyl sites for hydroxylation is 1. The highest BCUT2D eigenvalue weighted by Gasteiger charge is 2.20. The first-order chi connectivity index (χ1) is 9.70. The van der Waals surface area contributed by atoms with E-state index < -0.39 is 0 Å². The highest BCUT2D eigenvalue weighted by Crippen LogP contribution is 2.21. The molecule has 1 heterocycles. The summed E-state index contributed by atoms with van der Waals surface area (Å²) in [5.74, 6) is 0.931. The first-order valence-corrected chi connectivity index (χ1v) is 6.69. The van der Waals surface area contributed by atoms with Crippen LogP contribution in [-0.4, -0.2) is 20.8 Å². The maximum atomic E-state index is 13.6. The van der Waals surface area contributed by atoms with Crippen molar-refractivity contribution in [1.29, 1.82) is 0 Å². The minimum absolute atomic E-state index is 0.273. The Balaban J connectivity index is 1.64. The number of nitrogens with one attached hydrogen (secondary N) is 1. The average molecular weight is 276 g/mol. The minimum atomic E-state index is -0.284. The molecule has 1 saturated carbocycles. The van der Waals surface area contributed by atoms with Crippen molar-refractivity contribution in [2.75, 3.05) is 0 Å². The maximum Gasteiger partial charge on any atom is 0.164 e. The number of hydrogen-bond acceptors (Lipinski definition) is 4. The van der Waals surface area contributed by atoms with E-state index in [1.165, 1.54) is 31.3 Å². The summed E-state index contributed by atoms with van der Waals surface area (Å²) in [7, 11) is 1.79. The predicted octanol–water partition coefficient (Wildman–Crippen LogP) is 1.79. The zero-order chi connectivity index (χ0) is 13.9. The Hall–Kier alpha value is -1.95. The molecule has 1 fully saturated rings. The van der Waals surface area contributed by atoms with E-state index in [-0.39, 0.29) is 12.4 Å². The first kappa shape index (κ1) is 13.1. The molecule has 1 aliphatic rings. The van der Waals surface area contributed by atoms with E-state index in [1.54, 1.807) is 11.7 Å². The van der Waals surface area contributed by atoms with Crippen LogP contribution in [0.4, 0.5) is 4.39 Å². The van der Waals surface area contributed by atoms with Gasteiger partial charge in [-0.05, 0) is 30.5 Å². The quantitative estimate of drug-likeness (QED) is 0.874. The van der Waals surface area contributed by atoms with Crippen LogP contribution in [-0.2, 0) is 20.2 Å². The van der Waals surface area contributed by atoms with Crippen LogP contribution in [0.1, 0.15) is 24.2 Å². The molecule has 1 aliphatic carbocycles. The van der Waals surface area contributed by atoms with Gasteiger partial charge in [0.15, 0.2) is 5.82 Å². The maximum absolute atomic E-state index is 13.6. The van der Waals surface area contributed by atoms with Crippen molar-refractivity contribution in [3.8, 4) is 5.75 Å².